The number of carboxylic acid groups (broad SMARTS) is 1. The molecule has 1 atom stereocenters. The summed E-state index contributed by atoms with van der Waals surface area (Å²) in [6.07, 6.45) is 0.774. The fourth-order valence-corrected chi connectivity index (χ4v) is 3.15. The van der Waals surface area contributed by atoms with Crippen LogP contribution < -0.4 is 15.5 Å². The molecule has 0 aromatic heterocycles. The van der Waals surface area contributed by atoms with Gasteiger partial charge in [-0.2, -0.15) is 0 Å². The highest BCUT2D eigenvalue weighted by atomic mass is 35.5. The molecular formula is C19H19ClFN3O3. The van der Waals surface area contributed by atoms with Crippen molar-refractivity contribution in [3.05, 3.63) is 64.4 Å². The third-order valence-electron chi connectivity index (χ3n) is 4.45. The molecule has 1 fully saturated rings. The van der Waals surface area contributed by atoms with Crippen LogP contribution in [0.15, 0.2) is 42.5 Å². The van der Waals surface area contributed by atoms with Crippen molar-refractivity contribution in [3.63, 3.8) is 0 Å². The summed E-state index contributed by atoms with van der Waals surface area (Å²) >= 11 is 5.83. The van der Waals surface area contributed by atoms with Crippen molar-refractivity contribution < 1.29 is 19.1 Å². The largest absolute Gasteiger partial charge is 0.478 e. The fraction of sp³-hybridized carbons (Fsp3) is 0.263. The van der Waals surface area contributed by atoms with Crippen LogP contribution in [0, 0.1) is 5.82 Å². The predicted molar refractivity (Wildman–Crippen MR) is 101 cm³/mol. The summed E-state index contributed by atoms with van der Waals surface area (Å²) in [4.78, 5) is 25.0. The first-order valence-electron chi connectivity index (χ1n) is 8.49. The van der Waals surface area contributed by atoms with Gasteiger partial charge < -0.3 is 20.6 Å². The Hall–Kier alpha value is -2.80. The summed E-state index contributed by atoms with van der Waals surface area (Å²) in [6, 6.07) is 10.6. The van der Waals surface area contributed by atoms with Crippen LogP contribution >= 0.6 is 11.6 Å². The summed E-state index contributed by atoms with van der Waals surface area (Å²) in [7, 11) is 0. The summed E-state index contributed by atoms with van der Waals surface area (Å²) in [5.74, 6) is -1.44. The van der Waals surface area contributed by atoms with Gasteiger partial charge in [0.05, 0.1) is 10.6 Å². The second-order valence-electron chi connectivity index (χ2n) is 6.36. The van der Waals surface area contributed by atoms with Crippen molar-refractivity contribution in [2.45, 2.75) is 19.0 Å². The number of carboxylic acids is 1. The first kappa shape index (κ1) is 19.0. The van der Waals surface area contributed by atoms with E-state index in [1.165, 1.54) is 18.2 Å². The molecule has 8 heteroatoms. The van der Waals surface area contributed by atoms with E-state index in [9.17, 15) is 14.0 Å². The molecule has 1 heterocycles. The maximum atomic E-state index is 13.3. The molecule has 3 N–H and O–H groups in total. The van der Waals surface area contributed by atoms with E-state index in [1.807, 2.05) is 4.90 Å². The molecule has 3 rings (SSSR count). The van der Waals surface area contributed by atoms with Gasteiger partial charge in [0.25, 0.3) is 0 Å². The third-order valence-corrected chi connectivity index (χ3v) is 4.74. The normalized spacial score (nSPS) is 16.2. The Kier molecular flexibility index (Phi) is 5.81. The molecule has 0 radical (unpaired) electrons. The van der Waals surface area contributed by atoms with Crippen LogP contribution in [0.3, 0.4) is 0 Å². The van der Waals surface area contributed by atoms with Crippen molar-refractivity contribution in [2.24, 2.45) is 0 Å². The van der Waals surface area contributed by atoms with Gasteiger partial charge in [-0.25, -0.2) is 14.0 Å². The molecule has 2 amide bonds. The van der Waals surface area contributed by atoms with E-state index in [0.717, 1.165) is 24.2 Å². The van der Waals surface area contributed by atoms with Crippen molar-refractivity contribution >= 4 is 29.3 Å². The lowest BCUT2D eigenvalue weighted by molar-refractivity contribution is 0.0697. The fourth-order valence-electron chi connectivity index (χ4n) is 2.98. The number of aromatic carboxylic acids is 1. The highest BCUT2D eigenvalue weighted by Gasteiger charge is 2.24. The Morgan fingerprint density at radius 3 is 2.63 bits per heavy atom. The second-order valence-corrected chi connectivity index (χ2v) is 6.77. The van der Waals surface area contributed by atoms with Crippen molar-refractivity contribution in [3.8, 4) is 0 Å². The monoisotopic (exact) mass is 391 g/mol. The lowest BCUT2D eigenvalue weighted by Gasteiger charge is -2.19. The van der Waals surface area contributed by atoms with Gasteiger partial charge in [-0.15, -0.1) is 0 Å². The topological polar surface area (TPSA) is 81.7 Å². The molecule has 2 aromatic carbocycles. The van der Waals surface area contributed by atoms with E-state index in [2.05, 4.69) is 10.6 Å². The van der Waals surface area contributed by atoms with Gasteiger partial charge >= 0.3 is 12.0 Å². The van der Waals surface area contributed by atoms with E-state index in [1.54, 1.807) is 24.3 Å². The smallest absolute Gasteiger partial charge is 0.335 e. The number of halogens is 2. The van der Waals surface area contributed by atoms with Gasteiger partial charge in [-0.1, -0.05) is 23.7 Å². The number of nitrogens with one attached hydrogen (secondary N) is 2. The molecule has 142 valence electrons. The van der Waals surface area contributed by atoms with Gasteiger partial charge in [0.15, 0.2) is 0 Å². The maximum absolute atomic E-state index is 13.3. The van der Waals surface area contributed by atoms with Gasteiger partial charge in [0.1, 0.15) is 5.82 Å². The quantitative estimate of drug-likeness (QED) is 0.730. The van der Waals surface area contributed by atoms with Crippen molar-refractivity contribution in [1.82, 2.24) is 10.6 Å². The third kappa shape index (κ3) is 4.89. The predicted octanol–water partition coefficient (Wildman–Crippen LogP) is 3.26. The number of nitrogens with zero attached hydrogens (tertiary/aromatic N) is 1. The SMILES string of the molecule is O=C(NCc1ccc(C(=O)O)cc1)NC1CCN(c2ccc(F)c(Cl)c2)C1. The van der Waals surface area contributed by atoms with E-state index in [-0.39, 0.29) is 22.7 Å². The molecule has 1 aliphatic rings. The zero-order valence-electron chi connectivity index (χ0n) is 14.4. The van der Waals surface area contributed by atoms with Crippen LogP contribution in [-0.2, 0) is 6.54 Å². The Balaban J connectivity index is 1.47. The molecule has 1 aliphatic heterocycles. The number of anilines is 1. The Morgan fingerprint density at radius 2 is 1.96 bits per heavy atom. The first-order valence-corrected chi connectivity index (χ1v) is 8.87. The summed E-state index contributed by atoms with van der Waals surface area (Å²) in [5.41, 5.74) is 1.84. The van der Waals surface area contributed by atoms with Crippen LogP contribution in [0.25, 0.3) is 0 Å². The van der Waals surface area contributed by atoms with Crippen LogP contribution in [0.4, 0.5) is 14.9 Å². The zero-order valence-corrected chi connectivity index (χ0v) is 15.2. The summed E-state index contributed by atoms with van der Waals surface area (Å²) in [5, 5.41) is 14.6. The molecular weight excluding hydrogens is 373 g/mol. The lowest BCUT2D eigenvalue weighted by Crippen LogP contribution is -2.43. The van der Waals surface area contributed by atoms with Gasteiger partial charge in [-0.05, 0) is 42.3 Å². The van der Waals surface area contributed by atoms with E-state index < -0.39 is 11.8 Å². The number of hydrogen-bond donors (Lipinski definition) is 3. The van der Waals surface area contributed by atoms with Gasteiger partial charge in [0.2, 0.25) is 0 Å². The highest BCUT2D eigenvalue weighted by molar-refractivity contribution is 6.31. The number of rotatable bonds is 5. The van der Waals surface area contributed by atoms with Crippen LogP contribution in [0.1, 0.15) is 22.3 Å². The molecule has 6 nitrogen and oxygen atoms in total. The van der Waals surface area contributed by atoms with Gasteiger partial charge in [-0.3, -0.25) is 0 Å². The van der Waals surface area contributed by atoms with E-state index in [4.69, 9.17) is 16.7 Å². The number of amides is 2. The van der Waals surface area contributed by atoms with Gasteiger partial charge in [0, 0.05) is 31.4 Å². The molecule has 27 heavy (non-hydrogen) atoms. The number of carbonyl (C=O) groups excluding carboxylic acids is 1. The minimum atomic E-state index is -0.986. The molecule has 0 bridgehead atoms. The summed E-state index contributed by atoms with van der Waals surface area (Å²) in [6.45, 7) is 1.65. The first-order chi connectivity index (χ1) is 12.9. The zero-order chi connectivity index (χ0) is 19.4. The van der Waals surface area contributed by atoms with Crippen LogP contribution in [-0.4, -0.2) is 36.2 Å². The minimum absolute atomic E-state index is 0.0248. The van der Waals surface area contributed by atoms with Crippen molar-refractivity contribution in [2.75, 3.05) is 18.0 Å². The highest BCUT2D eigenvalue weighted by Crippen LogP contribution is 2.25. The van der Waals surface area contributed by atoms with E-state index >= 15 is 0 Å². The average molecular weight is 392 g/mol. The van der Waals surface area contributed by atoms with Crippen molar-refractivity contribution in [1.29, 1.82) is 0 Å². The molecule has 0 saturated carbocycles. The molecule has 0 spiro atoms. The molecule has 0 aliphatic carbocycles. The Bertz CT molecular complexity index is 845. The molecule has 1 unspecified atom stereocenters. The number of benzene rings is 2. The molecule has 2 aromatic rings. The van der Waals surface area contributed by atoms with Crippen LogP contribution in [0.5, 0.6) is 0 Å². The lowest BCUT2D eigenvalue weighted by atomic mass is 10.1. The van der Waals surface area contributed by atoms with Crippen LogP contribution in [0.2, 0.25) is 5.02 Å². The Labute approximate surface area is 160 Å². The second kappa shape index (κ2) is 8.26. The summed E-state index contributed by atoms with van der Waals surface area (Å²) < 4.78 is 13.3. The maximum Gasteiger partial charge on any atom is 0.335 e. The van der Waals surface area contributed by atoms with E-state index in [0.29, 0.717) is 13.1 Å². The number of hydrogen-bond acceptors (Lipinski definition) is 3. The number of carbonyl (C=O) groups is 2. The molecule has 1 saturated heterocycles. The number of urea groups is 1. The standard InChI is InChI=1S/C19H19ClFN3O3/c20-16-9-15(5-6-17(16)21)24-8-7-14(11-24)23-19(27)22-10-12-1-3-13(4-2-12)18(25)26/h1-6,9,14H,7-8,10-11H2,(H,25,26)(H2,22,23,27). The Morgan fingerprint density at radius 1 is 1.22 bits per heavy atom. The minimum Gasteiger partial charge on any atom is -0.478 e. The average Bonchev–Trinajstić information content (AvgIpc) is 3.11.